The summed E-state index contributed by atoms with van der Waals surface area (Å²) < 4.78 is 2.01. The van der Waals surface area contributed by atoms with E-state index >= 15 is 0 Å². The molecule has 0 saturated heterocycles. The molecule has 0 aliphatic rings. The Hall–Kier alpha value is -2.60. The predicted octanol–water partition coefficient (Wildman–Crippen LogP) is 2.51. The number of anilines is 1. The SMILES string of the molecule is CC(C)c1ccc(NC(=O)C(=O)NCC(c2cccn2C)N(C)C)cc1. The van der Waals surface area contributed by atoms with Gasteiger partial charge in [0, 0.05) is 31.2 Å². The number of nitrogens with one attached hydrogen (secondary N) is 2. The van der Waals surface area contributed by atoms with Crippen LogP contribution in [0.4, 0.5) is 5.69 Å². The molecule has 6 nitrogen and oxygen atoms in total. The van der Waals surface area contributed by atoms with Crippen molar-refractivity contribution in [3.63, 3.8) is 0 Å². The maximum Gasteiger partial charge on any atom is 0.313 e. The average Bonchev–Trinajstić information content (AvgIpc) is 3.01. The number of hydrogen-bond donors (Lipinski definition) is 2. The largest absolute Gasteiger partial charge is 0.353 e. The molecule has 0 aliphatic heterocycles. The molecule has 26 heavy (non-hydrogen) atoms. The van der Waals surface area contributed by atoms with Gasteiger partial charge < -0.3 is 15.2 Å². The van der Waals surface area contributed by atoms with Gasteiger partial charge in [0.2, 0.25) is 0 Å². The second-order valence-electron chi connectivity index (χ2n) is 6.96. The molecular formula is C20H28N4O2. The zero-order valence-corrected chi connectivity index (χ0v) is 16.1. The summed E-state index contributed by atoms with van der Waals surface area (Å²) in [7, 11) is 5.85. The lowest BCUT2D eigenvalue weighted by Crippen LogP contribution is -2.40. The van der Waals surface area contributed by atoms with Crippen LogP contribution in [0.5, 0.6) is 0 Å². The van der Waals surface area contributed by atoms with E-state index in [2.05, 4.69) is 24.5 Å². The second kappa shape index (κ2) is 8.67. The molecule has 2 rings (SSSR count). The van der Waals surface area contributed by atoms with Crippen molar-refractivity contribution in [2.24, 2.45) is 7.05 Å². The number of hydrogen-bond acceptors (Lipinski definition) is 3. The fourth-order valence-corrected chi connectivity index (χ4v) is 2.78. The van der Waals surface area contributed by atoms with Gasteiger partial charge in [-0.2, -0.15) is 0 Å². The highest BCUT2D eigenvalue weighted by Crippen LogP contribution is 2.18. The zero-order valence-electron chi connectivity index (χ0n) is 16.1. The molecule has 1 aromatic heterocycles. The van der Waals surface area contributed by atoms with Gasteiger partial charge in [-0.15, -0.1) is 0 Å². The summed E-state index contributed by atoms with van der Waals surface area (Å²) in [6.45, 7) is 4.56. The maximum atomic E-state index is 12.2. The Morgan fingerprint density at radius 1 is 1.08 bits per heavy atom. The van der Waals surface area contributed by atoms with Crippen molar-refractivity contribution in [1.82, 2.24) is 14.8 Å². The molecule has 0 spiro atoms. The van der Waals surface area contributed by atoms with Gasteiger partial charge in [0.25, 0.3) is 0 Å². The second-order valence-corrected chi connectivity index (χ2v) is 6.96. The van der Waals surface area contributed by atoms with E-state index in [0.29, 0.717) is 18.2 Å². The highest BCUT2D eigenvalue weighted by Gasteiger charge is 2.20. The number of nitrogens with zero attached hydrogens (tertiary/aromatic N) is 2. The lowest BCUT2D eigenvalue weighted by Gasteiger charge is -2.25. The first-order valence-electron chi connectivity index (χ1n) is 8.76. The van der Waals surface area contributed by atoms with Gasteiger partial charge in [-0.25, -0.2) is 0 Å². The first-order valence-corrected chi connectivity index (χ1v) is 8.76. The fraction of sp³-hybridized carbons (Fsp3) is 0.400. The lowest BCUT2D eigenvalue weighted by molar-refractivity contribution is -0.136. The van der Waals surface area contributed by atoms with E-state index in [1.165, 1.54) is 5.56 Å². The van der Waals surface area contributed by atoms with Crippen molar-refractivity contribution in [2.45, 2.75) is 25.8 Å². The first kappa shape index (κ1) is 19.7. The molecule has 1 aromatic carbocycles. The summed E-state index contributed by atoms with van der Waals surface area (Å²) in [5, 5.41) is 5.36. The van der Waals surface area contributed by atoms with Gasteiger partial charge in [-0.1, -0.05) is 26.0 Å². The first-order chi connectivity index (χ1) is 12.3. The molecule has 1 unspecified atom stereocenters. The van der Waals surface area contributed by atoms with Crippen LogP contribution in [0.3, 0.4) is 0 Å². The van der Waals surface area contributed by atoms with Crippen LogP contribution in [0, 0.1) is 0 Å². The Balaban J connectivity index is 1.93. The van der Waals surface area contributed by atoms with Gasteiger partial charge in [0.15, 0.2) is 0 Å². The Morgan fingerprint density at radius 2 is 1.73 bits per heavy atom. The minimum absolute atomic E-state index is 0.0166. The third-order valence-electron chi connectivity index (χ3n) is 4.45. The molecule has 0 radical (unpaired) electrons. The quantitative estimate of drug-likeness (QED) is 0.782. The topological polar surface area (TPSA) is 66.4 Å². The smallest absolute Gasteiger partial charge is 0.313 e. The number of aryl methyl sites for hydroxylation is 1. The molecule has 0 fully saturated rings. The Kier molecular flexibility index (Phi) is 6.58. The van der Waals surface area contributed by atoms with Crippen LogP contribution in [0.2, 0.25) is 0 Å². The number of benzene rings is 1. The number of likely N-dealkylation sites (N-methyl/N-ethyl adjacent to an activating group) is 1. The minimum Gasteiger partial charge on any atom is -0.353 e. The van der Waals surface area contributed by atoms with E-state index in [4.69, 9.17) is 0 Å². The number of carbonyl (C=O) groups excluding carboxylic acids is 2. The van der Waals surface area contributed by atoms with Gasteiger partial charge in [-0.3, -0.25) is 14.5 Å². The molecule has 0 saturated carbocycles. The summed E-state index contributed by atoms with van der Waals surface area (Å²) in [6, 6.07) is 11.5. The highest BCUT2D eigenvalue weighted by atomic mass is 16.2. The van der Waals surface area contributed by atoms with E-state index in [1.807, 2.05) is 73.2 Å². The van der Waals surface area contributed by atoms with E-state index in [-0.39, 0.29) is 6.04 Å². The zero-order chi connectivity index (χ0) is 19.3. The fourth-order valence-electron chi connectivity index (χ4n) is 2.78. The molecular weight excluding hydrogens is 328 g/mol. The Bertz CT molecular complexity index is 747. The van der Waals surface area contributed by atoms with Crippen molar-refractivity contribution in [3.8, 4) is 0 Å². The van der Waals surface area contributed by atoms with Crippen molar-refractivity contribution >= 4 is 17.5 Å². The molecule has 0 bridgehead atoms. The monoisotopic (exact) mass is 356 g/mol. The van der Waals surface area contributed by atoms with E-state index in [1.54, 1.807) is 0 Å². The van der Waals surface area contributed by atoms with Crippen molar-refractivity contribution in [3.05, 3.63) is 53.9 Å². The van der Waals surface area contributed by atoms with Gasteiger partial charge in [-0.05, 0) is 49.8 Å². The van der Waals surface area contributed by atoms with Crippen LogP contribution in [0.25, 0.3) is 0 Å². The van der Waals surface area contributed by atoms with Gasteiger partial charge in [0.1, 0.15) is 0 Å². The minimum atomic E-state index is -0.660. The van der Waals surface area contributed by atoms with E-state index in [0.717, 1.165) is 5.69 Å². The van der Waals surface area contributed by atoms with Crippen LogP contribution in [0.1, 0.15) is 37.1 Å². The number of carbonyl (C=O) groups is 2. The normalized spacial score (nSPS) is 12.3. The number of rotatable bonds is 6. The van der Waals surface area contributed by atoms with Crippen molar-refractivity contribution in [1.29, 1.82) is 0 Å². The van der Waals surface area contributed by atoms with Crippen LogP contribution >= 0.6 is 0 Å². The lowest BCUT2D eigenvalue weighted by atomic mass is 10.0. The van der Waals surface area contributed by atoms with Crippen LogP contribution in [-0.4, -0.2) is 41.9 Å². The molecule has 1 heterocycles. The molecule has 0 aliphatic carbocycles. The Labute approximate surface area is 155 Å². The number of amides is 2. The van der Waals surface area contributed by atoms with Gasteiger partial charge >= 0.3 is 11.8 Å². The molecule has 2 aromatic rings. The van der Waals surface area contributed by atoms with Crippen molar-refractivity contribution < 1.29 is 9.59 Å². The van der Waals surface area contributed by atoms with Crippen LogP contribution < -0.4 is 10.6 Å². The highest BCUT2D eigenvalue weighted by molar-refractivity contribution is 6.39. The molecule has 1 atom stereocenters. The third kappa shape index (κ3) is 4.95. The van der Waals surface area contributed by atoms with Crippen molar-refractivity contribution in [2.75, 3.05) is 26.0 Å². The summed E-state index contributed by atoms with van der Waals surface area (Å²) in [6.07, 6.45) is 1.96. The van der Waals surface area contributed by atoms with Crippen LogP contribution in [0.15, 0.2) is 42.6 Å². The predicted molar refractivity (Wildman–Crippen MR) is 104 cm³/mol. The van der Waals surface area contributed by atoms with E-state index in [9.17, 15) is 9.59 Å². The van der Waals surface area contributed by atoms with Crippen LogP contribution in [-0.2, 0) is 16.6 Å². The third-order valence-corrected chi connectivity index (χ3v) is 4.45. The van der Waals surface area contributed by atoms with Gasteiger partial charge in [0.05, 0.1) is 6.04 Å². The summed E-state index contributed by atoms with van der Waals surface area (Å²) in [5.74, 6) is -0.880. The number of aromatic nitrogens is 1. The standard InChI is InChI=1S/C20H28N4O2/c1-14(2)15-8-10-16(11-9-15)22-20(26)19(25)21-13-18(23(3)4)17-7-6-12-24(17)5/h6-12,14,18H,13H2,1-5H3,(H,21,25)(H,22,26). The summed E-state index contributed by atoms with van der Waals surface area (Å²) >= 11 is 0. The maximum absolute atomic E-state index is 12.2. The summed E-state index contributed by atoms with van der Waals surface area (Å²) in [5.41, 5.74) is 2.87. The summed E-state index contributed by atoms with van der Waals surface area (Å²) in [4.78, 5) is 26.3. The molecule has 2 amide bonds. The average molecular weight is 356 g/mol. The molecule has 140 valence electrons. The molecule has 6 heteroatoms. The van der Waals surface area contributed by atoms with E-state index < -0.39 is 11.8 Å². The molecule has 2 N–H and O–H groups in total. The Morgan fingerprint density at radius 3 is 2.23 bits per heavy atom.